The summed E-state index contributed by atoms with van der Waals surface area (Å²) < 4.78 is 55.8. The number of likely N-dealkylation sites (N-methyl/N-ethyl adjacent to an activating group) is 1. The van der Waals surface area contributed by atoms with Crippen LogP contribution in [0.2, 0.25) is 0 Å². The zero-order chi connectivity index (χ0) is 31.8. The molecule has 230 valence electrons. The van der Waals surface area contributed by atoms with E-state index in [0.29, 0.717) is 55.4 Å². The lowest BCUT2D eigenvalue weighted by atomic mass is 9.80. The van der Waals surface area contributed by atoms with E-state index in [1.807, 2.05) is 6.92 Å². The number of nitrogens with one attached hydrogen (secondary N) is 1. The number of likely N-dealkylation sites (tertiary alicyclic amines) is 1. The van der Waals surface area contributed by atoms with Crippen LogP contribution in [-0.4, -0.2) is 57.6 Å². The molecule has 0 radical (unpaired) electrons. The lowest BCUT2D eigenvalue weighted by Gasteiger charge is -2.38. The molecule has 5 rings (SSSR count). The first-order valence-corrected chi connectivity index (χ1v) is 14.4. The number of benzene rings is 2. The maximum absolute atomic E-state index is 14.1. The van der Waals surface area contributed by atoms with Crippen LogP contribution in [0.15, 0.2) is 48.5 Å². The second-order valence-corrected chi connectivity index (χ2v) is 10.7. The van der Waals surface area contributed by atoms with Crippen LogP contribution in [-0.2, 0) is 17.5 Å². The maximum Gasteiger partial charge on any atom is 0.416 e. The predicted molar refractivity (Wildman–Crippen MR) is 151 cm³/mol. The molecule has 3 amide bonds. The molecule has 0 saturated carbocycles. The number of hydrogen-bond donors (Lipinski definition) is 1. The van der Waals surface area contributed by atoms with E-state index in [9.17, 15) is 37.2 Å². The van der Waals surface area contributed by atoms with Gasteiger partial charge < -0.3 is 10.2 Å². The average Bonchev–Trinajstić information content (AvgIpc) is 3.63. The van der Waals surface area contributed by atoms with Crippen LogP contribution in [0.1, 0.15) is 76.6 Å². The molecule has 1 fully saturated rings. The second-order valence-electron chi connectivity index (χ2n) is 10.7. The van der Waals surface area contributed by atoms with Gasteiger partial charge >= 0.3 is 6.18 Å². The minimum Gasteiger partial charge on any atom is -0.339 e. The number of carbonyl (C=O) groups is 3. The first-order chi connectivity index (χ1) is 21.0. The summed E-state index contributed by atoms with van der Waals surface area (Å²) in [5.74, 6) is -3.28. The van der Waals surface area contributed by atoms with Crippen molar-refractivity contribution in [2.75, 3.05) is 18.0 Å². The van der Waals surface area contributed by atoms with Crippen molar-refractivity contribution < 1.29 is 31.9 Å². The molecule has 0 spiro atoms. The smallest absolute Gasteiger partial charge is 0.339 e. The number of rotatable bonds is 7. The zero-order valence-electron chi connectivity index (χ0n) is 24.1. The number of anilines is 1. The van der Waals surface area contributed by atoms with E-state index < -0.39 is 53.3 Å². The highest BCUT2D eigenvalue weighted by Gasteiger charge is 2.48. The van der Waals surface area contributed by atoms with Crippen molar-refractivity contribution in [1.29, 1.82) is 5.26 Å². The summed E-state index contributed by atoms with van der Waals surface area (Å²) in [5, 5.41) is 16.9. The fraction of sp³-hybridized carbons (Fsp3) is 0.387. The highest BCUT2D eigenvalue weighted by molar-refractivity contribution is 6.07. The number of alkyl halides is 3. The molecule has 3 aromatic rings. The highest BCUT2D eigenvalue weighted by Crippen LogP contribution is 2.43. The fourth-order valence-corrected chi connectivity index (χ4v) is 5.97. The zero-order valence-corrected chi connectivity index (χ0v) is 24.1. The molecule has 1 saturated heterocycles. The van der Waals surface area contributed by atoms with Gasteiger partial charge in [-0.1, -0.05) is 25.1 Å². The average molecular weight is 611 g/mol. The Morgan fingerprint density at radius 1 is 1.14 bits per heavy atom. The van der Waals surface area contributed by atoms with Crippen LogP contribution in [0, 0.1) is 17.1 Å². The fourth-order valence-electron chi connectivity index (χ4n) is 5.97. The van der Waals surface area contributed by atoms with E-state index in [2.05, 4.69) is 16.5 Å². The van der Waals surface area contributed by atoms with Crippen LogP contribution in [0.3, 0.4) is 0 Å². The molecular weight excluding hydrogens is 580 g/mol. The molecule has 1 N–H and O–H groups in total. The second kappa shape index (κ2) is 12.1. The van der Waals surface area contributed by atoms with Crippen molar-refractivity contribution in [2.24, 2.45) is 0 Å². The van der Waals surface area contributed by atoms with Gasteiger partial charge in [0.2, 0.25) is 0 Å². The van der Waals surface area contributed by atoms with Gasteiger partial charge in [-0.3, -0.25) is 19.3 Å². The van der Waals surface area contributed by atoms with Crippen LogP contribution in [0.4, 0.5) is 23.4 Å². The SMILES string of the molecule is CCCn1nc(C(=O)N2CCC[C@H]2C#N)c2c1N(CC)C(=O)[C@@H](NC(=O)c1cccc(C(F)(F)F)c1)[C@H]2c1ccc(F)cc1. The van der Waals surface area contributed by atoms with E-state index >= 15 is 0 Å². The molecule has 0 unspecified atom stereocenters. The largest absolute Gasteiger partial charge is 0.416 e. The third-order valence-corrected chi connectivity index (χ3v) is 7.98. The van der Waals surface area contributed by atoms with Gasteiger partial charge in [0, 0.05) is 36.7 Å². The normalized spacial score (nSPS) is 19.9. The summed E-state index contributed by atoms with van der Waals surface area (Å²) in [4.78, 5) is 44.4. The Morgan fingerprint density at radius 2 is 1.86 bits per heavy atom. The van der Waals surface area contributed by atoms with Crippen LogP contribution in [0.5, 0.6) is 0 Å². The van der Waals surface area contributed by atoms with Crippen molar-refractivity contribution in [2.45, 2.75) is 63.8 Å². The van der Waals surface area contributed by atoms with E-state index in [-0.39, 0.29) is 17.8 Å². The Balaban J connectivity index is 1.69. The Morgan fingerprint density at radius 3 is 2.50 bits per heavy atom. The summed E-state index contributed by atoms with van der Waals surface area (Å²) >= 11 is 0. The maximum atomic E-state index is 14.1. The van der Waals surface area contributed by atoms with Crippen molar-refractivity contribution in [1.82, 2.24) is 20.0 Å². The van der Waals surface area contributed by atoms with E-state index in [1.54, 1.807) is 11.6 Å². The molecule has 13 heteroatoms. The van der Waals surface area contributed by atoms with Gasteiger partial charge in [-0.2, -0.15) is 23.5 Å². The van der Waals surface area contributed by atoms with E-state index in [0.717, 1.165) is 12.1 Å². The quantitative estimate of drug-likeness (QED) is 0.384. The highest BCUT2D eigenvalue weighted by atomic mass is 19.4. The summed E-state index contributed by atoms with van der Waals surface area (Å²) in [6.45, 7) is 4.42. The predicted octanol–water partition coefficient (Wildman–Crippen LogP) is 4.88. The number of aromatic nitrogens is 2. The molecule has 3 heterocycles. The van der Waals surface area contributed by atoms with E-state index in [1.165, 1.54) is 40.1 Å². The molecule has 1 aromatic heterocycles. The van der Waals surface area contributed by atoms with Crippen molar-refractivity contribution in [3.8, 4) is 6.07 Å². The van der Waals surface area contributed by atoms with Crippen molar-refractivity contribution >= 4 is 23.5 Å². The minimum absolute atomic E-state index is 0.00538. The molecule has 2 aromatic carbocycles. The molecule has 3 atom stereocenters. The summed E-state index contributed by atoms with van der Waals surface area (Å²) in [7, 11) is 0. The van der Waals surface area contributed by atoms with Crippen LogP contribution >= 0.6 is 0 Å². The van der Waals surface area contributed by atoms with E-state index in [4.69, 9.17) is 0 Å². The Bertz CT molecular complexity index is 1630. The summed E-state index contributed by atoms with van der Waals surface area (Å²) in [5.41, 5.74) is -0.650. The van der Waals surface area contributed by atoms with Crippen molar-refractivity contribution in [3.63, 3.8) is 0 Å². The third-order valence-electron chi connectivity index (χ3n) is 7.98. The number of nitriles is 1. The van der Waals surface area contributed by atoms with Gasteiger partial charge in [0.15, 0.2) is 5.69 Å². The van der Waals surface area contributed by atoms with Gasteiger partial charge in [0.05, 0.1) is 11.6 Å². The summed E-state index contributed by atoms with van der Waals surface area (Å²) in [6.07, 6.45) is -2.97. The molecule has 0 bridgehead atoms. The number of amides is 3. The number of halogens is 4. The van der Waals surface area contributed by atoms with Crippen molar-refractivity contribution in [3.05, 3.63) is 82.3 Å². The molecule has 2 aliphatic heterocycles. The van der Waals surface area contributed by atoms with Gasteiger partial charge in [0.25, 0.3) is 17.7 Å². The Labute approximate surface area is 251 Å². The standard InChI is InChI=1S/C31H30F4N6O3/c1-3-14-41-28-24(26(38-41)30(44)40-15-6-9-22(40)17-36)23(18-10-12-21(32)13-11-18)25(29(43)39(28)4-2)37-27(42)19-7-5-8-20(16-19)31(33,34)35/h5,7-8,10-13,16,22-23,25H,3-4,6,9,14-15H2,1-2H3,(H,37,42)/t22-,23-,25-/m0/s1. The first-order valence-electron chi connectivity index (χ1n) is 14.4. The molecule has 0 aliphatic carbocycles. The van der Waals surface area contributed by atoms with Gasteiger partial charge in [-0.25, -0.2) is 9.07 Å². The number of fused-ring (bicyclic) bond motifs is 1. The summed E-state index contributed by atoms with van der Waals surface area (Å²) in [6, 6.07) is 9.17. The monoisotopic (exact) mass is 610 g/mol. The Hall–Kier alpha value is -4.73. The molecule has 9 nitrogen and oxygen atoms in total. The first kappa shape index (κ1) is 30.7. The number of carbonyl (C=O) groups excluding carboxylic acids is 3. The molecule has 44 heavy (non-hydrogen) atoms. The van der Waals surface area contributed by atoms with Gasteiger partial charge in [-0.15, -0.1) is 0 Å². The minimum atomic E-state index is -4.69. The number of nitrogens with zero attached hydrogens (tertiary/aromatic N) is 5. The molecular formula is C31H30F4N6O3. The van der Waals surface area contributed by atoms with Gasteiger partial charge in [-0.05, 0) is 62.1 Å². The van der Waals surface area contributed by atoms with Crippen LogP contribution < -0.4 is 10.2 Å². The number of hydrogen-bond acceptors (Lipinski definition) is 5. The van der Waals surface area contributed by atoms with Gasteiger partial charge in [0.1, 0.15) is 23.7 Å². The van der Waals surface area contributed by atoms with Crippen LogP contribution in [0.25, 0.3) is 0 Å². The Kier molecular flexibility index (Phi) is 8.45. The number of aryl methyl sites for hydroxylation is 1. The molecule has 2 aliphatic rings. The lowest BCUT2D eigenvalue weighted by molar-refractivity contribution is -0.137. The lowest BCUT2D eigenvalue weighted by Crippen LogP contribution is -2.55. The third kappa shape index (κ3) is 5.52. The topological polar surface area (TPSA) is 111 Å².